The SMILES string of the molecule is COc1cc(-c2nc3sc4c(c3c(=O)[nH]2)CCCC4)cc(Cl)c1OCc1ccc(C)cc1. The van der Waals surface area contributed by atoms with Crippen LogP contribution in [0, 0.1) is 6.92 Å². The van der Waals surface area contributed by atoms with Gasteiger partial charge in [-0.25, -0.2) is 4.98 Å². The van der Waals surface area contributed by atoms with Crippen LogP contribution in [0.1, 0.15) is 34.4 Å². The summed E-state index contributed by atoms with van der Waals surface area (Å²) in [5, 5.41) is 1.14. The van der Waals surface area contributed by atoms with Crippen LogP contribution >= 0.6 is 22.9 Å². The molecule has 2 heterocycles. The number of H-pyrrole nitrogens is 1. The van der Waals surface area contributed by atoms with Gasteiger partial charge in [-0.05, 0) is 55.9 Å². The standard InChI is InChI=1S/C25H23ClN2O3S/c1-14-7-9-15(10-8-14)13-31-22-18(26)11-16(12-19(22)30-2)23-27-24(29)21-17-5-3-4-6-20(17)32-25(21)28-23/h7-12H,3-6,13H2,1-2H3,(H,27,28,29). The van der Waals surface area contributed by atoms with Gasteiger partial charge in [0.25, 0.3) is 5.56 Å². The van der Waals surface area contributed by atoms with Gasteiger partial charge in [-0.2, -0.15) is 0 Å². The number of hydrogen-bond acceptors (Lipinski definition) is 5. The second-order valence-electron chi connectivity index (χ2n) is 8.07. The predicted octanol–water partition coefficient (Wildman–Crippen LogP) is 6.08. The first-order valence-corrected chi connectivity index (χ1v) is 11.8. The molecule has 0 saturated heterocycles. The maximum absolute atomic E-state index is 12.9. The molecule has 1 aliphatic carbocycles. The zero-order valence-electron chi connectivity index (χ0n) is 18.0. The van der Waals surface area contributed by atoms with Gasteiger partial charge in [0.1, 0.15) is 17.3 Å². The second kappa shape index (κ2) is 8.60. The fraction of sp³-hybridized carbons (Fsp3) is 0.280. The molecule has 1 N–H and O–H groups in total. The fourth-order valence-electron chi connectivity index (χ4n) is 4.14. The number of nitrogens with zero attached hydrogens (tertiary/aromatic N) is 1. The molecule has 7 heteroatoms. The van der Waals surface area contributed by atoms with Crippen LogP contribution in [-0.2, 0) is 19.4 Å². The number of rotatable bonds is 5. The van der Waals surface area contributed by atoms with Crippen molar-refractivity contribution in [2.45, 2.75) is 39.2 Å². The first-order valence-electron chi connectivity index (χ1n) is 10.6. The molecule has 32 heavy (non-hydrogen) atoms. The van der Waals surface area contributed by atoms with Crippen LogP contribution in [0.25, 0.3) is 21.6 Å². The van der Waals surface area contributed by atoms with Gasteiger partial charge < -0.3 is 14.5 Å². The lowest BCUT2D eigenvalue weighted by atomic mass is 9.97. The molecule has 0 atom stereocenters. The molecule has 5 nitrogen and oxygen atoms in total. The molecular weight excluding hydrogens is 444 g/mol. The van der Waals surface area contributed by atoms with E-state index in [1.54, 1.807) is 30.6 Å². The van der Waals surface area contributed by atoms with E-state index in [1.807, 2.05) is 31.2 Å². The summed E-state index contributed by atoms with van der Waals surface area (Å²) in [5.74, 6) is 1.44. The summed E-state index contributed by atoms with van der Waals surface area (Å²) in [7, 11) is 1.57. The Morgan fingerprint density at radius 3 is 2.72 bits per heavy atom. The van der Waals surface area contributed by atoms with Crippen molar-refractivity contribution in [1.29, 1.82) is 0 Å². The monoisotopic (exact) mass is 466 g/mol. The van der Waals surface area contributed by atoms with Gasteiger partial charge >= 0.3 is 0 Å². The highest BCUT2D eigenvalue weighted by Crippen LogP contribution is 2.40. The van der Waals surface area contributed by atoms with E-state index in [2.05, 4.69) is 4.98 Å². The van der Waals surface area contributed by atoms with Crippen LogP contribution in [0.15, 0.2) is 41.2 Å². The highest BCUT2D eigenvalue weighted by Gasteiger charge is 2.21. The van der Waals surface area contributed by atoms with Crippen molar-refractivity contribution < 1.29 is 9.47 Å². The fourth-order valence-corrected chi connectivity index (χ4v) is 5.66. The third-order valence-corrected chi connectivity index (χ3v) is 7.30. The lowest BCUT2D eigenvalue weighted by Crippen LogP contribution is -2.11. The van der Waals surface area contributed by atoms with Gasteiger partial charge in [0.2, 0.25) is 0 Å². The largest absolute Gasteiger partial charge is 0.493 e. The molecule has 0 radical (unpaired) electrons. The molecule has 5 rings (SSSR count). The maximum Gasteiger partial charge on any atom is 0.260 e. The van der Waals surface area contributed by atoms with Crippen molar-refractivity contribution in [3.8, 4) is 22.9 Å². The minimum Gasteiger partial charge on any atom is -0.493 e. The number of methoxy groups -OCH3 is 1. The highest BCUT2D eigenvalue weighted by atomic mass is 35.5. The number of fused-ring (bicyclic) bond motifs is 3. The smallest absolute Gasteiger partial charge is 0.260 e. The minimum absolute atomic E-state index is 0.0980. The van der Waals surface area contributed by atoms with Crippen LogP contribution in [0.3, 0.4) is 0 Å². The van der Waals surface area contributed by atoms with Gasteiger partial charge in [-0.1, -0.05) is 41.4 Å². The van der Waals surface area contributed by atoms with Crippen molar-refractivity contribution in [3.63, 3.8) is 0 Å². The van der Waals surface area contributed by atoms with E-state index >= 15 is 0 Å². The number of halogens is 1. The normalized spacial score (nSPS) is 13.2. The zero-order valence-corrected chi connectivity index (χ0v) is 19.5. The summed E-state index contributed by atoms with van der Waals surface area (Å²) in [6.45, 7) is 2.42. The summed E-state index contributed by atoms with van der Waals surface area (Å²) < 4.78 is 11.5. The summed E-state index contributed by atoms with van der Waals surface area (Å²) >= 11 is 8.20. The number of ether oxygens (including phenoxy) is 2. The number of thiophene rings is 1. The van der Waals surface area contributed by atoms with Crippen molar-refractivity contribution in [1.82, 2.24) is 9.97 Å². The Morgan fingerprint density at radius 1 is 1.16 bits per heavy atom. The van der Waals surface area contributed by atoms with E-state index in [0.717, 1.165) is 35.0 Å². The van der Waals surface area contributed by atoms with E-state index in [4.69, 9.17) is 26.1 Å². The third-order valence-electron chi connectivity index (χ3n) is 5.83. The summed E-state index contributed by atoms with van der Waals surface area (Å²) in [4.78, 5) is 22.7. The number of hydrogen-bond donors (Lipinski definition) is 1. The Balaban J connectivity index is 1.50. The topological polar surface area (TPSA) is 64.2 Å². The predicted molar refractivity (Wildman–Crippen MR) is 129 cm³/mol. The molecule has 0 amide bonds. The Bertz CT molecular complexity index is 1360. The molecule has 0 saturated carbocycles. The van der Waals surface area contributed by atoms with E-state index < -0.39 is 0 Å². The highest BCUT2D eigenvalue weighted by molar-refractivity contribution is 7.18. The summed E-state index contributed by atoms with van der Waals surface area (Å²) in [6, 6.07) is 11.7. The van der Waals surface area contributed by atoms with E-state index in [9.17, 15) is 4.79 Å². The van der Waals surface area contributed by atoms with Crippen LogP contribution < -0.4 is 15.0 Å². The first kappa shape index (κ1) is 21.0. The van der Waals surface area contributed by atoms with Crippen LogP contribution in [0.5, 0.6) is 11.5 Å². The van der Waals surface area contributed by atoms with Crippen LogP contribution in [0.4, 0.5) is 0 Å². The van der Waals surface area contributed by atoms with Gasteiger partial charge in [0.15, 0.2) is 11.5 Å². The average Bonchev–Trinajstić information content (AvgIpc) is 3.18. The number of benzene rings is 2. The minimum atomic E-state index is -0.0980. The molecule has 0 aliphatic heterocycles. The molecule has 2 aromatic carbocycles. The Labute approximate surface area is 195 Å². The van der Waals surface area contributed by atoms with Crippen molar-refractivity contribution in [2.75, 3.05) is 7.11 Å². The molecule has 2 aromatic heterocycles. The molecule has 0 fully saturated rings. The molecule has 0 spiro atoms. The van der Waals surface area contributed by atoms with E-state index in [0.29, 0.717) is 34.5 Å². The van der Waals surface area contributed by atoms with E-state index in [1.165, 1.54) is 22.4 Å². The van der Waals surface area contributed by atoms with Gasteiger partial charge in [-0.15, -0.1) is 11.3 Å². The quantitative estimate of drug-likeness (QED) is 0.387. The molecule has 4 aromatic rings. The molecule has 0 bridgehead atoms. The Kier molecular flexibility index (Phi) is 5.66. The lowest BCUT2D eigenvalue weighted by Gasteiger charge is -2.14. The number of aromatic amines is 1. The van der Waals surface area contributed by atoms with Gasteiger partial charge in [-0.3, -0.25) is 4.79 Å². The Morgan fingerprint density at radius 2 is 1.94 bits per heavy atom. The first-order chi connectivity index (χ1) is 15.5. The lowest BCUT2D eigenvalue weighted by molar-refractivity contribution is 0.285. The van der Waals surface area contributed by atoms with Gasteiger partial charge in [0.05, 0.1) is 17.5 Å². The number of aromatic nitrogens is 2. The maximum atomic E-state index is 12.9. The molecule has 1 aliphatic rings. The zero-order chi connectivity index (χ0) is 22.2. The van der Waals surface area contributed by atoms with Crippen LogP contribution in [-0.4, -0.2) is 17.1 Å². The average molecular weight is 467 g/mol. The molecular formula is C25H23ClN2O3S. The Hall–Kier alpha value is -2.83. The third kappa shape index (κ3) is 3.89. The van der Waals surface area contributed by atoms with Crippen LogP contribution in [0.2, 0.25) is 5.02 Å². The number of aryl methyl sites for hydroxylation is 3. The summed E-state index contributed by atoms with van der Waals surface area (Å²) in [5.41, 5.74) is 3.99. The van der Waals surface area contributed by atoms with Crippen molar-refractivity contribution in [2.24, 2.45) is 0 Å². The molecule has 164 valence electrons. The summed E-state index contributed by atoms with van der Waals surface area (Å²) in [6.07, 6.45) is 4.27. The second-order valence-corrected chi connectivity index (χ2v) is 9.56. The van der Waals surface area contributed by atoms with Crippen molar-refractivity contribution in [3.05, 3.63) is 73.3 Å². The molecule has 0 unspecified atom stereocenters. The van der Waals surface area contributed by atoms with Gasteiger partial charge in [0, 0.05) is 10.4 Å². The van der Waals surface area contributed by atoms with E-state index in [-0.39, 0.29) is 5.56 Å². The van der Waals surface area contributed by atoms with Crippen molar-refractivity contribution >= 4 is 33.2 Å². The number of nitrogens with one attached hydrogen (secondary N) is 1.